The van der Waals surface area contributed by atoms with E-state index in [1.165, 1.54) is 5.06 Å². The molecule has 1 rings (SSSR count). The van der Waals surface area contributed by atoms with E-state index in [0.29, 0.717) is 12.2 Å². The maximum absolute atomic E-state index is 10.9. The Bertz CT molecular complexity index is 411. The van der Waals surface area contributed by atoms with Gasteiger partial charge in [0.15, 0.2) is 0 Å². The van der Waals surface area contributed by atoms with Gasteiger partial charge in [-0.2, -0.15) is 4.28 Å². The summed E-state index contributed by atoms with van der Waals surface area (Å²) in [4.78, 5) is 0. The second-order valence-electron chi connectivity index (χ2n) is 3.27. The number of hydroxylamine groups is 1. The van der Waals surface area contributed by atoms with Crippen molar-refractivity contribution in [3.63, 3.8) is 0 Å². The fraction of sp³-hybridized carbons (Fsp3) is 0.400. The van der Waals surface area contributed by atoms with Gasteiger partial charge in [-0.05, 0) is 29.7 Å². The number of hydrogen-bond donors (Lipinski definition) is 0. The Balaban J connectivity index is 0.00000256. The number of rotatable bonds is 6. The minimum atomic E-state index is -3.89. The van der Waals surface area contributed by atoms with Crippen LogP contribution >= 0.6 is 0 Å². The average Bonchev–Trinajstić information content (AvgIpc) is 2.24. The number of unbranched alkanes of at least 4 members (excludes halogenated alkanes) is 1. The van der Waals surface area contributed by atoms with Crippen LogP contribution < -0.4 is 34.6 Å². The minimum Gasteiger partial charge on any atom is -0.747 e. The summed E-state index contributed by atoms with van der Waals surface area (Å²) in [5.41, 5.74) is 0.685. The summed E-state index contributed by atoms with van der Waals surface area (Å²) in [6.07, 6.45) is 1.78. The van der Waals surface area contributed by atoms with Crippen molar-refractivity contribution in [1.82, 2.24) is 0 Å². The van der Waals surface area contributed by atoms with Gasteiger partial charge >= 0.3 is 29.6 Å². The minimum absolute atomic E-state index is 0. The van der Waals surface area contributed by atoms with Crippen LogP contribution in [0.4, 0.5) is 5.69 Å². The molecule has 1 unspecified atom stereocenters. The molecule has 17 heavy (non-hydrogen) atoms. The number of benzene rings is 1. The van der Waals surface area contributed by atoms with E-state index in [4.69, 9.17) is 4.28 Å². The first kappa shape index (κ1) is 17.3. The van der Waals surface area contributed by atoms with Gasteiger partial charge in [-0.25, -0.2) is 9.27 Å². The Hall–Kier alpha value is 0.310. The Morgan fingerprint density at radius 2 is 2.00 bits per heavy atom. The molecule has 0 saturated carbocycles. The maximum Gasteiger partial charge on any atom is 1.00 e. The van der Waals surface area contributed by atoms with Crippen LogP contribution in [0.3, 0.4) is 0 Å². The van der Waals surface area contributed by atoms with E-state index in [2.05, 4.69) is 11.2 Å². The Kier molecular flexibility index (Phi) is 8.57. The summed E-state index contributed by atoms with van der Waals surface area (Å²) in [6, 6.07) is 9.03. The summed E-state index contributed by atoms with van der Waals surface area (Å²) < 4.78 is 26.6. The Morgan fingerprint density at radius 3 is 2.47 bits per heavy atom. The van der Waals surface area contributed by atoms with Gasteiger partial charge in [-0.15, -0.1) is 0 Å². The molecular weight excluding hydrogens is 269 g/mol. The molecule has 0 aliphatic rings. The van der Waals surface area contributed by atoms with Crippen molar-refractivity contribution in [1.29, 1.82) is 0 Å². The van der Waals surface area contributed by atoms with E-state index in [1.807, 2.05) is 25.1 Å². The van der Waals surface area contributed by atoms with Crippen LogP contribution in [0.5, 0.6) is 0 Å². The van der Waals surface area contributed by atoms with Gasteiger partial charge < -0.3 is 4.55 Å². The monoisotopic (exact) mass is 283 g/mol. The third-order valence-corrected chi connectivity index (χ3v) is 2.49. The van der Waals surface area contributed by atoms with Crippen molar-refractivity contribution in [2.75, 3.05) is 11.6 Å². The fourth-order valence-corrected chi connectivity index (χ4v) is 1.82. The smallest absolute Gasteiger partial charge is 0.747 e. The molecule has 7 heteroatoms. The molecule has 90 valence electrons. The van der Waals surface area contributed by atoms with Gasteiger partial charge in [0.05, 0.1) is 5.69 Å². The van der Waals surface area contributed by atoms with Crippen molar-refractivity contribution in [3.05, 3.63) is 30.3 Å². The van der Waals surface area contributed by atoms with Crippen molar-refractivity contribution in [2.24, 2.45) is 0 Å². The Labute approximate surface area is 129 Å². The first-order valence-electron chi connectivity index (χ1n) is 5.01. The summed E-state index contributed by atoms with van der Waals surface area (Å²) in [5.74, 6) is 0. The van der Waals surface area contributed by atoms with E-state index >= 15 is 0 Å². The second-order valence-corrected chi connectivity index (χ2v) is 5.46. The van der Waals surface area contributed by atoms with E-state index in [1.54, 1.807) is 12.1 Å². The number of anilines is 1. The topological polar surface area (TPSA) is 52.6 Å². The average molecular weight is 283 g/mol. The fourth-order valence-electron chi connectivity index (χ4n) is 1.22. The van der Waals surface area contributed by atoms with Crippen molar-refractivity contribution >= 4 is 25.9 Å². The number of nitrogens with zero attached hydrogens (tertiary/aromatic N) is 1. The molecule has 0 spiro atoms. The standard InChI is InChI=1S/C10H15NO3S2.Na/c1-2-3-9-11(14-16(12,13)15)10-7-5-4-6-8-10;/h4-8H,2-3,9H2,1H3,(H,12,13,15);/q;+1/p-1. The van der Waals surface area contributed by atoms with Gasteiger partial charge in [-0.1, -0.05) is 31.5 Å². The summed E-state index contributed by atoms with van der Waals surface area (Å²) in [6.45, 7) is 2.52. The molecule has 0 amide bonds. The molecule has 0 bridgehead atoms. The van der Waals surface area contributed by atoms with Crippen molar-refractivity contribution < 1.29 is 42.6 Å². The molecule has 0 heterocycles. The van der Waals surface area contributed by atoms with Crippen molar-refractivity contribution in [3.8, 4) is 0 Å². The zero-order valence-corrected chi connectivity index (χ0v) is 13.6. The van der Waals surface area contributed by atoms with Crippen LogP contribution in [-0.2, 0) is 24.5 Å². The molecule has 0 saturated heterocycles. The molecule has 4 nitrogen and oxygen atoms in total. The SMILES string of the molecule is CCCCN(OS(=O)([O-])=S)c1ccccc1.[Na+]. The van der Waals surface area contributed by atoms with Crippen LogP contribution in [0.15, 0.2) is 30.3 Å². The first-order chi connectivity index (χ1) is 7.53. The van der Waals surface area contributed by atoms with Crippen LogP contribution in [0.25, 0.3) is 0 Å². The zero-order chi connectivity index (χ0) is 12.0. The number of hydrogen-bond acceptors (Lipinski definition) is 5. The van der Waals surface area contributed by atoms with Crippen LogP contribution in [0.2, 0.25) is 0 Å². The molecule has 0 aliphatic carbocycles. The van der Waals surface area contributed by atoms with Gasteiger partial charge in [0.25, 0.3) is 0 Å². The number of para-hydroxylation sites is 1. The molecule has 0 radical (unpaired) electrons. The third-order valence-electron chi connectivity index (χ3n) is 1.94. The summed E-state index contributed by atoms with van der Waals surface area (Å²) in [7, 11) is -3.89. The van der Waals surface area contributed by atoms with Gasteiger partial charge in [0.2, 0.25) is 0 Å². The second kappa shape index (κ2) is 8.42. The molecule has 1 aromatic carbocycles. The largest absolute Gasteiger partial charge is 1.00 e. The van der Waals surface area contributed by atoms with E-state index in [9.17, 15) is 8.76 Å². The molecule has 1 atom stereocenters. The molecule has 1 aromatic rings. The molecule has 0 aliphatic heterocycles. The van der Waals surface area contributed by atoms with Crippen LogP contribution in [0.1, 0.15) is 19.8 Å². The predicted octanol–water partition coefficient (Wildman–Crippen LogP) is -0.980. The quantitative estimate of drug-likeness (QED) is 0.496. The van der Waals surface area contributed by atoms with E-state index < -0.39 is 9.05 Å². The molecular formula is C10H14NNaO3S2. The van der Waals surface area contributed by atoms with E-state index in [-0.39, 0.29) is 29.6 Å². The van der Waals surface area contributed by atoms with Crippen LogP contribution in [0, 0.1) is 0 Å². The third kappa shape index (κ3) is 7.35. The molecule has 0 N–H and O–H groups in total. The molecule has 0 aromatic heterocycles. The van der Waals surface area contributed by atoms with E-state index in [0.717, 1.165) is 12.8 Å². The molecule has 0 fully saturated rings. The summed E-state index contributed by atoms with van der Waals surface area (Å²) >= 11 is 4.22. The van der Waals surface area contributed by atoms with Crippen molar-refractivity contribution in [2.45, 2.75) is 19.8 Å². The zero-order valence-electron chi connectivity index (χ0n) is 10.00. The maximum atomic E-state index is 10.9. The predicted molar refractivity (Wildman–Crippen MR) is 66.1 cm³/mol. The first-order valence-corrected chi connectivity index (χ1v) is 7.34. The van der Waals surface area contributed by atoms with Crippen LogP contribution in [-0.4, -0.2) is 15.3 Å². The summed E-state index contributed by atoms with van der Waals surface area (Å²) in [5, 5.41) is 1.31. The normalized spacial score (nSPS) is 13.5. The van der Waals surface area contributed by atoms with Gasteiger partial charge in [-0.3, -0.25) is 0 Å². The van der Waals surface area contributed by atoms with Gasteiger partial charge in [0.1, 0.15) is 9.05 Å². The Morgan fingerprint density at radius 1 is 1.41 bits per heavy atom. The van der Waals surface area contributed by atoms with Gasteiger partial charge in [0, 0.05) is 6.54 Å².